The molecule has 0 atom stereocenters. The SMILES string of the molecule is CCCCCCCCCCCCCCOc1ccc(C(=O)Cl)cc1OCCCCCCCCCCCCCC. The van der Waals surface area contributed by atoms with Crippen LogP contribution in [-0.4, -0.2) is 18.5 Å². The molecule has 0 heterocycles. The Labute approximate surface area is 247 Å². The monoisotopic (exact) mass is 564 g/mol. The van der Waals surface area contributed by atoms with Crippen molar-refractivity contribution in [1.82, 2.24) is 0 Å². The summed E-state index contributed by atoms with van der Waals surface area (Å²) in [6.07, 6.45) is 31.8. The lowest BCUT2D eigenvalue weighted by molar-refractivity contribution is 0.108. The number of halogens is 1. The van der Waals surface area contributed by atoms with Crippen molar-refractivity contribution in [3.8, 4) is 11.5 Å². The molecule has 0 saturated heterocycles. The summed E-state index contributed by atoms with van der Waals surface area (Å²) >= 11 is 5.71. The number of ether oxygens (including phenoxy) is 2. The van der Waals surface area contributed by atoms with Gasteiger partial charge >= 0.3 is 0 Å². The predicted molar refractivity (Wildman–Crippen MR) is 170 cm³/mol. The van der Waals surface area contributed by atoms with E-state index >= 15 is 0 Å². The van der Waals surface area contributed by atoms with E-state index in [-0.39, 0.29) is 0 Å². The average Bonchev–Trinajstić information content (AvgIpc) is 2.94. The average molecular weight is 565 g/mol. The Balaban J connectivity index is 2.14. The minimum atomic E-state index is -0.460. The summed E-state index contributed by atoms with van der Waals surface area (Å²) in [6, 6.07) is 5.28. The van der Waals surface area contributed by atoms with Crippen molar-refractivity contribution in [3.05, 3.63) is 23.8 Å². The van der Waals surface area contributed by atoms with E-state index in [1.165, 1.54) is 141 Å². The van der Waals surface area contributed by atoms with Crippen molar-refractivity contribution in [2.24, 2.45) is 0 Å². The fourth-order valence-corrected chi connectivity index (χ4v) is 5.23. The standard InChI is InChI=1S/C35H61ClO3/c1-3-5-7-9-11-13-15-17-19-21-23-25-29-38-33-28-27-32(35(36)37)31-34(33)39-30-26-24-22-20-18-16-14-12-10-8-6-4-2/h27-28,31H,3-26,29-30H2,1-2H3. The van der Waals surface area contributed by atoms with E-state index in [0.29, 0.717) is 24.5 Å². The molecule has 4 heteroatoms. The van der Waals surface area contributed by atoms with Crippen LogP contribution < -0.4 is 9.47 Å². The van der Waals surface area contributed by atoms with Gasteiger partial charge in [-0.05, 0) is 42.6 Å². The molecule has 226 valence electrons. The quantitative estimate of drug-likeness (QED) is 0.0716. The van der Waals surface area contributed by atoms with Crippen LogP contribution in [0.2, 0.25) is 0 Å². The van der Waals surface area contributed by atoms with E-state index in [1.54, 1.807) is 12.1 Å². The molecule has 0 aromatic heterocycles. The lowest BCUT2D eigenvalue weighted by atomic mass is 10.1. The fraction of sp³-hybridized carbons (Fsp3) is 0.800. The first-order chi connectivity index (χ1) is 19.2. The second kappa shape index (κ2) is 27.0. The normalized spacial score (nSPS) is 11.2. The zero-order valence-electron chi connectivity index (χ0n) is 25.7. The van der Waals surface area contributed by atoms with Gasteiger partial charge in [0.1, 0.15) is 0 Å². The first kappa shape index (κ1) is 35.8. The van der Waals surface area contributed by atoms with E-state index in [4.69, 9.17) is 21.1 Å². The highest BCUT2D eigenvalue weighted by molar-refractivity contribution is 6.67. The minimum Gasteiger partial charge on any atom is -0.490 e. The largest absolute Gasteiger partial charge is 0.490 e. The van der Waals surface area contributed by atoms with Crippen molar-refractivity contribution in [3.63, 3.8) is 0 Å². The summed E-state index contributed by atoms with van der Waals surface area (Å²) in [6.45, 7) is 5.88. The van der Waals surface area contributed by atoms with Crippen LogP contribution in [0.15, 0.2) is 18.2 Å². The highest BCUT2D eigenvalue weighted by Gasteiger charge is 2.10. The first-order valence-electron chi connectivity index (χ1n) is 16.8. The summed E-state index contributed by atoms with van der Waals surface area (Å²) in [5.41, 5.74) is 0.457. The van der Waals surface area contributed by atoms with Gasteiger partial charge in [0.25, 0.3) is 5.24 Å². The van der Waals surface area contributed by atoms with Crippen LogP contribution in [0.1, 0.15) is 178 Å². The Bertz CT molecular complexity index is 690. The van der Waals surface area contributed by atoms with E-state index in [2.05, 4.69) is 13.8 Å². The summed E-state index contributed by atoms with van der Waals surface area (Å²) in [7, 11) is 0. The van der Waals surface area contributed by atoms with Crippen LogP contribution >= 0.6 is 11.6 Å². The molecule has 0 fully saturated rings. The van der Waals surface area contributed by atoms with Crippen LogP contribution in [-0.2, 0) is 0 Å². The van der Waals surface area contributed by atoms with Gasteiger partial charge in [-0.15, -0.1) is 0 Å². The zero-order valence-corrected chi connectivity index (χ0v) is 26.5. The molecule has 0 spiro atoms. The van der Waals surface area contributed by atoms with E-state index in [0.717, 1.165) is 18.6 Å². The van der Waals surface area contributed by atoms with Gasteiger partial charge < -0.3 is 9.47 Å². The van der Waals surface area contributed by atoms with Crippen LogP contribution in [0.3, 0.4) is 0 Å². The lowest BCUT2D eigenvalue weighted by Gasteiger charge is -2.14. The predicted octanol–water partition coefficient (Wildman–Crippen LogP) is 12.2. The molecule has 39 heavy (non-hydrogen) atoms. The summed E-state index contributed by atoms with van der Waals surface area (Å²) in [5.74, 6) is 1.36. The van der Waals surface area contributed by atoms with Gasteiger partial charge in [-0.3, -0.25) is 4.79 Å². The number of carbonyl (C=O) groups excluding carboxylic acids is 1. The van der Waals surface area contributed by atoms with Gasteiger partial charge in [0.2, 0.25) is 0 Å². The van der Waals surface area contributed by atoms with Gasteiger partial charge in [0, 0.05) is 5.56 Å². The molecule has 0 N–H and O–H groups in total. The van der Waals surface area contributed by atoms with Gasteiger partial charge in [-0.2, -0.15) is 0 Å². The third-order valence-electron chi connectivity index (χ3n) is 7.68. The van der Waals surface area contributed by atoms with Crippen molar-refractivity contribution < 1.29 is 14.3 Å². The Hall–Kier alpha value is -1.22. The maximum atomic E-state index is 11.7. The number of hydrogen-bond donors (Lipinski definition) is 0. The molecule has 0 saturated carbocycles. The Kier molecular flexibility index (Phi) is 24.8. The minimum absolute atomic E-state index is 0.457. The van der Waals surface area contributed by atoms with Crippen molar-refractivity contribution >= 4 is 16.8 Å². The lowest BCUT2D eigenvalue weighted by Crippen LogP contribution is -2.04. The molecule has 1 rings (SSSR count). The second-order valence-electron chi connectivity index (χ2n) is 11.4. The Morgan fingerprint density at radius 2 is 0.846 bits per heavy atom. The van der Waals surface area contributed by atoms with Crippen LogP contribution in [0, 0.1) is 0 Å². The van der Waals surface area contributed by atoms with E-state index < -0.39 is 5.24 Å². The van der Waals surface area contributed by atoms with E-state index in [1.807, 2.05) is 6.07 Å². The maximum Gasteiger partial charge on any atom is 0.252 e. The highest BCUT2D eigenvalue weighted by atomic mass is 35.5. The van der Waals surface area contributed by atoms with Gasteiger partial charge in [-0.1, -0.05) is 155 Å². The first-order valence-corrected chi connectivity index (χ1v) is 17.2. The molecule has 0 radical (unpaired) electrons. The molecule has 1 aromatic rings. The summed E-state index contributed by atoms with van der Waals surface area (Å²) < 4.78 is 12.1. The molecular weight excluding hydrogens is 504 g/mol. The molecule has 0 unspecified atom stereocenters. The molecule has 0 aliphatic carbocycles. The second-order valence-corrected chi connectivity index (χ2v) is 11.8. The molecule has 0 aliphatic rings. The number of benzene rings is 1. The molecule has 3 nitrogen and oxygen atoms in total. The number of carbonyl (C=O) groups is 1. The van der Waals surface area contributed by atoms with E-state index in [9.17, 15) is 4.79 Å². The van der Waals surface area contributed by atoms with Gasteiger partial charge in [0.15, 0.2) is 11.5 Å². The number of unbranched alkanes of at least 4 members (excludes halogenated alkanes) is 22. The van der Waals surface area contributed by atoms with Gasteiger partial charge in [-0.25, -0.2) is 0 Å². The third-order valence-corrected chi connectivity index (χ3v) is 7.90. The Morgan fingerprint density at radius 3 is 1.21 bits per heavy atom. The van der Waals surface area contributed by atoms with Crippen molar-refractivity contribution in [2.75, 3.05) is 13.2 Å². The topological polar surface area (TPSA) is 35.5 Å². The van der Waals surface area contributed by atoms with Crippen LogP contribution in [0.25, 0.3) is 0 Å². The van der Waals surface area contributed by atoms with Crippen LogP contribution in [0.4, 0.5) is 0 Å². The zero-order chi connectivity index (χ0) is 28.2. The smallest absolute Gasteiger partial charge is 0.252 e. The van der Waals surface area contributed by atoms with Gasteiger partial charge in [0.05, 0.1) is 13.2 Å². The highest BCUT2D eigenvalue weighted by Crippen LogP contribution is 2.30. The summed E-state index contributed by atoms with van der Waals surface area (Å²) in [5, 5.41) is -0.460. The number of rotatable bonds is 29. The molecule has 1 aromatic carbocycles. The molecule has 0 aliphatic heterocycles. The molecule has 0 bridgehead atoms. The van der Waals surface area contributed by atoms with Crippen LogP contribution in [0.5, 0.6) is 11.5 Å². The molecule has 0 amide bonds. The van der Waals surface area contributed by atoms with Crippen molar-refractivity contribution in [2.45, 2.75) is 168 Å². The Morgan fingerprint density at radius 1 is 0.513 bits per heavy atom. The summed E-state index contributed by atoms with van der Waals surface area (Å²) in [4.78, 5) is 11.7. The maximum absolute atomic E-state index is 11.7. The third kappa shape index (κ3) is 21.2. The van der Waals surface area contributed by atoms with Crippen molar-refractivity contribution in [1.29, 1.82) is 0 Å². The molecular formula is C35H61ClO3. The number of hydrogen-bond acceptors (Lipinski definition) is 3. The fourth-order valence-electron chi connectivity index (χ4n) is 5.11.